The van der Waals surface area contributed by atoms with Crippen LogP contribution in [0.15, 0.2) is 54.6 Å². The normalized spacial score (nSPS) is 9.95. The number of halogens is 1. The van der Waals surface area contributed by atoms with Crippen LogP contribution in [0.5, 0.6) is 0 Å². The van der Waals surface area contributed by atoms with Crippen LogP contribution in [-0.2, 0) is 4.79 Å². The lowest BCUT2D eigenvalue weighted by Gasteiger charge is -2.07. The van der Waals surface area contributed by atoms with Gasteiger partial charge in [0, 0.05) is 29.4 Å². The number of hydrogen-bond donors (Lipinski definition) is 2. The molecule has 2 aromatic rings. The molecule has 2 aromatic carbocycles. The highest BCUT2D eigenvalue weighted by Gasteiger charge is 2.01. The molecule has 98 valence electrons. The van der Waals surface area contributed by atoms with Crippen molar-refractivity contribution in [2.75, 3.05) is 17.2 Å². The van der Waals surface area contributed by atoms with Crippen molar-refractivity contribution in [2.45, 2.75) is 6.42 Å². The molecule has 0 aliphatic carbocycles. The molecule has 0 spiro atoms. The van der Waals surface area contributed by atoms with E-state index in [9.17, 15) is 4.79 Å². The summed E-state index contributed by atoms with van der Waals surface area (Å²) >= 11 is 5.79. The molecule has 0 aliphatic rings. The summed E-state index contributed by atoms with van der Waals surface area (Å²) in [7, 11) is 0. The Morgan fingerprint density at radius 2 is 1.63 bits per heavy atom. The summed E-state index contributed by atoms with van der Waals surface area (Å²) in [6, 6.07) is 16.8. The molecule has 0 radical (unpaired) electrons. The lowest BCUT2D eigenvalue weighted by molar-refractivity contribution is -0.115. The predicted molar refractivity (Wildman–Crippen MR) is 79.6 cm³/mol. The Balaban J connectivity index is 1.74. The summed E-state index contributed by atoms with van der Waals surface area (Å²) < 4.78 is 0. The minimum absolute atomic E-state index is 0.00679. The van der Waals surface area contributed by atoms with E-state index in [1.165, 1.54) is 0 Å². The number of rotatable bonds is 5. The molecule has 0 saturated heterocycles. The van der Waals surface area contributed by atoms with Gasteiger partial charge in [0.1, 0.15) is 0 Å². The number of nitrogens with one attached hydrogen (secondary N) is 2. The van der Waals surface area contributed by atoms with Crippen LogP contribution in [-0.4, -0.2) is 12.5 Å². The van der Waals surface area contributed by atoms with Crippen molar-refractivity contribution in [3.05, 3.63) is 59.6 Å². The smallest absolute Gasteiger partial charge is 0.226 e. The standard InChI is InChI=1S/C15H15ClN2O/c16-12-6-8-13(9-7-12)17-11-10-15(19)18-14-4-2-1-3-5-14/h1-9,17H,10-11H2,(H,18,19). The van der Waals surface area contributed by atoms with Gasteiger partial charge in [0.15, 0.2) is 0 Å². The Bertz CT molecular complexity index is 526. The molecule has 0 aliphatic heterocycles. The first-order valence-corrected chi connectivity index (χ1v) is 6.46. The van der Waals surface area contributed by atoms with Crippen LogP contribution in [0.2, 0.25) is 5.02 Å². The van der Waals surface area contributed by atoms with E-state index >= 15 is 0 Å². The van der Waals surface area contributed by atoms with Gasteiger partial charge in [-0.2, -0.15) is 0 Å². The summed E-state index contributed by atoms with van der Waals surface area (Å²) in [6.45, 7) is 0.584. The second-order valence-corrected chi connectivity index (χ2v) is 4.53. The van der Waals surface area contributed by atoms with Gasteiger partial charge in [-0.05, 0) is 36.4 Å². The second kappa shape index (κ2) is 6.81. The van der Waals surface area contributed by atoms with Crippen molar-refractivity contribution in [3.8, 4) is 0 Å². The lowest BCUT2D eigenvalue weighted by Crippen LogP contribution is -2.16. The summed E-state index contributed by atoms with van der Waals surface area (Å²) in [6.07, 6.45) is 0.414. The quantitative estimate of drug-likeness (QED) is 0.871. The third-order valence-electron chi connectivity index (χ3n) is 2.58. The highest BCUT2D eigenvalue weighted by Crippen LogP contribution is 2.13. The SMILES string of the molecule is O=C(CCNc1ccc(Cl)cc1)Nc1ccccc1. The maximum atomic E-state index is 11.7. The van der Waals surface area contributed by atoms with Gasteiger partial charge in [-0.1, -0.05) is 29.8 Å². The molecule has 0 atom stereocenters. The fraction of sp³-hybridized carbons (Fsp3) is 0.133. The van der Waals surface area contributed by atoms with E-state index in [0.29, 0.717) is 18.0 Å². The van der Waals surface area contributed by atoms with Crippen LogP contribution in [0.1, 0.15) is 6.42 Å². The number of hydrogen-bond acceptors (Lipinski definition) is 2. The zero-order valence-corrected chi connectivity index (χ0v) is 11.2. The van der Waals surface area contributed by atoms with Crippen LogP contribution in [0, 0.1) is 0 Å². The number of amides is 1. The van der Waals surface area contributed by atoms with E-state index in [-0.39, 0.29) is 5.91 Å². The number of carbonyl (C=O) groups is 1. The first-order valence-electron chi connectivity index (χ1n) is 6.08. The van der Waals surface area contributed by atoms with Crippen LogP contribution >= 0.6 is 11.6 Å². The molecule has 4 heteroatoms. The molecule has 2 rings (SSSR count). The molecule has 3 nitrogen and oxygen atoms in total. The van der Waals surface area contributed by atoms with E-state index in [2.05, 4.69) is 10.6 Å². The summed E-state index contributed by atoms with van der Waals surface area (Å²) in [5.74, 6) is -0.00679. The summed E-state index contributed by atoms with van der Waals surface area (Å²) in [5.41, 5.74) is 1.77. The van der Waals surface area contributed by atoms with Gasteiger partial charge < -0.3 is 10.6 Å². The van der Waals surface area contributed by atoms with Crippen molar-refractivity contribution in [1.82, 2.24) is 0 Å². The molecular weight excluding hydrogens is 260 g/mol. The van der Waals surface area contributed by atoms with E-state index in [1.54, 1.807) is 0 Å². The molecule has 0 saturated carbocycles. The van der Waals surface area contributed by atoms with E-state index < -0.39 is 0 Å². The highest BCUT2D eigenvalue weighted by molar-refractivity contribution is 6.30. The number of carbonyl (C=O) groups excluding carboxylic acids is 1. The van der Waals surface area contributed by atoms with Crippen molar-refractivity contribution < 1.29 is 4.79 Å². The molecule has 0 unspecified atom stereocenters. The van der Waals surface area contributed by atoms with Gasteiger partial charge in [0.25, 0.3) is 0 Å². The molecule has 1 amide bonds. The van der Waals surface area contributed by atoms with Crippen LogP contribution in [0.25, 0.3) is 0 Å². The maximum Gasteiger partial charge on any atom is 0.226 e. The van der Waals surface area contributed by atoms with Crippen LogP contribution < -0.4 is 10.6 Å². The van der Waals surface area contributed by atoms with Crippen LogP contribution in [0.4, 0.5) is 11.4 Å². The fourth-order valence-electron chi connectivity index (χ4n) is 1.63. The van der Waals surface area contributed by atoms with E-state index in [1.807, 2.05) is 54.6 Å². The summed E-state index contributed by atoms with van der Waals surface area (Å²) in [5, 5.41) is 6.71. The third kappa shape index (κ3) is 4.64. The number of benzene rings is 2. The molecule has 0 bridgehead atoms. The van der Waals surface area contributed by atoms with Crippen molar-refractivity contribution in [2.24, 2.45) is 0 Å². The fourth-order valence-corrected chi connectivity index (χ4v) is 1.76. The zero-order chi connectivity index (χ0) is 13.5. The van der Waals surface area contributed by atoms with Crippen molar-refractivity contribution in [3.63, 3.8) is 0 Å². The molecule has 0 fully saturated rings. The topological polar surface area (TPSA) is 41.1 Å². The predicted octanol–water partition coefficient (Wildman–Crippen LogP) is 3.78. The maximum absolute atomic E-state index is 11.7. The number of anilines is 2. The van der Waals surface area contributed by atoms with Gasteiger partial charge in [-0.25, -0.2) is 0 Å². The Labute approximate surface area is 117 Å². The minimum Gasteiger partial charge on any atom is -0.385 e. The second-order valence-electron chi connectivity index (χ2n) is 4.10. The van der Waals surface area contributed by atoms with E-state index in [4.69, 9.17) is 11.6 Å². The number of para-hydroxylation sites is 1. The molecule has 2 N–H and O–H groups in total. The molecular formula is C15H15ClN2O. The lowest BCUT2D eigenvalue weighted by atomic mass is 10.3. The Morgan fingerprint density at radius 3 is 2.32 bits per heavy atom. The van der Waals surface area contributed by atoms with Gasteiger partial charge in [0.05, 0.1) is 0 Å². The largest absolute Gasteiger partial charge is 0.385 e. The minimum atomic E-state index is -0.00679. The first-order chi connectivity index (χ1) is 9.24. The van der Waals surface area contributed by atoms with Gasteiger partial charge >= 0.3 is 0 Å². The van der Waals surface area contributed by atoms with Crippen molar-refractivity contribution >= 4 is 28.9 Å². The third-order valence-corrected chi connectivity index (χ3v) is 2.83. The Hall–Kier alpha value is -2.00. The Morgan fingerprint density at radius 1 is 0.947 bits per heavy atom. The van der Waals surface area contributed by atoms with E-state index in [0.717, 1.165) is 11.4 Å². The van der Waals surface area contributed by atoms with Crippen molar-refractivity contribution in [1.29, 1.82) is 0 Å². The van der Waals surface area contributed by atoms with Gasteiger partial charge in [0.2, 0.25) is 5.91 Å². The zero-order valence-electron chi connectivity index (χ0n) is 10.4. The molecule has 0 aromatic heterocycles. The monoisotopic (exact) mass is 274 g/mol. The molecule has 19 heavy (non-hydrogen) atoms. The average molecular weight is 275 g/mol. The molecule has 0 heterocycles. The Kier molecular flexibility index (Phi) is 4.81. The van der Waals surface area contributed by atoms with Gasteiger partial charge in [-0.15, -0.1) is 0 Å². The van der Waals surface area contributed by atoms with Gasteiger partial charge in [-0.3, -0.25) is 4.79 Å². The average Bonchev–Trinajstić information content (AvgIpc) is 2.42. The van der Waals surface area contributed by atoms with Crippen LogP contribution in [0.3, 0.4) is 0 Å². The summed E-state index contributed by atoms with van der Waals surface area (Å²) in [4.78, 5) is 11.7. The highest BCUT2D eigenvalue weighted by atomic mass is 35.5. The first kappa shape index (κ1) is 13.4.